The Bertz CT molecular complexity index is 1320. The number of carbonyl (C=O) groups excluding carboxylic acids is 3. The molecule has 0 aromatic heterocycles. The van der Waals surface area contributed by atoms with Gasteiger partial charge in [0.25, 0.3) is 11.8 Å². The summed E-state index contributed by atoms with van der Waals surface area (Å²) in [5.41, 5.74) is 1.21. The van der Waals surface area contributed by atoms with Crippen LogP contribution in [0.1, 0.15) is 21.5 Å². The van der Waals surface area contributed by atoms with E-state index in [0.717, 1.165) is 17.0 Å². The van der Waals surface area contributed by atoms with Crippen LogP contribution >= 0.6 is 0 Å². The van der Waals surface area contributed by atoms with Crippen LogP contribution in [0.25, 0.3) is 6.08 Å². The lowest BCUT2D eigenvalue weighted by molar-refractivity contribution is -0.122. The zero-order valence-corrected chi connectivity index (χ0v) is 17.5. The summed E-state index contributed by atoms with van der Waals surface area (Å²) < 4.78 is 18.9. The highest BCUT2D eigenvalue weighted by atomic mass is 19.1. The number of rotatable bonds is 6. The number of halogens is 1. The molecule has 0 atom stereocenters. The van der Waals surface area contributed by atoms with Gasteiger partial charge in [-0.3, -0.25) is 14.9 Å². The Morgan fingerprint density at radius 3 is 2.38 bits per heavy atom. The first-order valence-corrected chi connectivity index (χ1v) is 10.0. The summed E-state index contributed by atoms with van der Waals surface area (Å²) in [6.07, 6.45) is 1.33. The van der Waals surface area contributed by atoms with Crippen molar-refractivity contribution in [3.8, 4) is 5.75 Å². The van der Waals surface area contributed by atoms with Gasteiger partial charge in [0.1, 0.15) is 23.7 Å². The second-order valence-corrected chi connectivity index (χ2v) is 7.30. The molecule has 3 aromatic carbocycles. The van der Waals surface area contributed by atoms with Crippen LogP contribution in [0.5, 0.6) is 5.75 Å². The molecule has 8 nitrogen and oxygen atoms in total. The number of carboxylic acid groups (broad SMARTS) is 1. The number of hydrogen-bond acceptors (Lipinski definition) is 5. The molecular formula is C25H17FN2O6. The minimum absolute atomic E-state index is 0.123. The molecule has 1 saturated heterocycles. The Morgan fingerprint density at radius 2 is 1.71 bits per heavy atom. The Morgan fingerprint density at radius 1 is 1.00 bits per heavy atom. The summed E-state index contributed by atoms with van der Waals surface area (Å²) in [5.74, 6) is -2.74. The van der Waals surface area contributed by atoms with Crippen LogP contribution in [0.2, 0.25) is 0 Å². The van der Waals surface area contributed by atoms with E-state index in [9.17, 15) is 23.6 Å². The third kappa shape index (κ3) is 4.83. The fraction of sp³-hybridized carbons (Fsp3) is 0.0400. The topological polar surface area (TPSA) is 113 Å². The van der Waals surface area contributed by atoms with E-state index in [1.165, 1.54) is 30.3 Å². The number of hydrogen-bond donors (Lipinski definition) is 2. The fourth-order valence-electron chi connectivity index (χ4n) is 3.27. The number of urea groups is 1. The molecule has 1 aliphatic heterocycles. The Kier molecular flexibility index (Phi) is 6.18. The lowest BCUT2D eigenvalue weighted by atomic mass is 10.1. The number of barbiturate groups is 1. The van der Waals surface area contributed by atoms with E-state index in [-0.39, 0.29) is 23.4 Å². The van der Waals surface area contributed by atoms with E-state index in [2.05, 4.69) is 5.32 Å². The summed E-state index contributed by atoms with van der Waals surface area (Å²) in [5, 5.41) is 11.2. The lowest BCUT2D eigenvalue weighted by Crippen LogP contribution is -2.54. The molecule has 0 aliphatic carbocycles. The SMILES string of the molecule is O=C1NC(=O)N(c2ccc(F)cc2)C(=O)C1=Cc1ccc(OCc2cccc(C(=O)O)c2)cc1. The summed E-state index contributed by atoms with van der Waals surface area (Å²) in [7, 11) is 0. The van der Waals surface area contributed by atoms with Crippen molar-refractivity contribution < 1.29 is 33.4 Å². The average molecular weight is 460 g/mol. The quantitative estimate of drug-likeness (QED) is 0.428. The van der Waals surface area contributed by atoms with E-state index in [1.807, 2.05) is 0 Å². The van der Waals surface area contributed by atoms with Crippen molar-refractivity contribution in [2.45, 2.75) is 6.61 Å². The van der Waals surface area contributed by atoms with E-state index in [1.54, 1.807) is 36.4 Å². The highest BCUT2D eigenvalue weighted by Crippen LogP contribution is 2.23. The number of benzene rings is 3. The van der Waals surface area contributed by atoms with Crippen LogP contribution in [0.15, 0.2) is 78.4 Å². The van der Waals surface area contributed by atoms with Gasteiger partial charge in [-0.2, -0.15) is 0 Å². The molecule has 170 valence electrons. The maximum absolute atomic E-state index is 13.2. The molecule has 0 bridgehead atoms. The van der Waals surface area contributed by atoms with Gasteiger partial charge >= 0.3 is 12.0 Å². The minimum atomic E-state index is -1.03. The third-order valence-corrected chi connectivity index (χ3v) is 4.96. The zero-order valence-electron chi connectivity index (χ0n) is 17.5. The van der Waals surface area contributed by atoms with Gasteiger partial charge in [-0.15, -0.1) is 0 Å². The predicted octanol–water partition coefficient (Wildman–Crippen LogP) is 3.77. The van der Waals surface area contributed by atoms with Crippen LogP contribution in [0.3, 0.4) is 0 Å². The average Bonchev–Trinajstić information content (AvgIpc) is 2.82. The second kappa shape index (κ2) is 9.37. The van der Waals surface area contributed by atoms with Crippen molar-refractivity contribution >= 4 is 35.6 Å². The van der Waals surface area contributed by atoms with Gasteiger partial charge in [0.2, 0.25) is 0 Å². The zero-order chi connectivity index (χ0) is 24.2. The summed E-state index contributed by atoms with van der Waals surface area (Å²) in [6.45, 7) is 0.150. The Hall–Kier alpha value is -4.79. The van der Waals surface area contributed by atoms with Crippen molar-refractivity contribution in [1.82, 2.24) is 5.32 Å². The van der Waals surface area contributed by atoms with E-state index in [4.69, 9.17) is 9.84 Å². The first-order valence-electron chi connectivity index (χ1n) is 10.0. The number of carbonyl (C=O) groups is 4. The molecule has 0 saturated carbocycles. The first kappa shape index (κ1) is 22.4. The maximum Gasteiger partial charge on any atom is 0.335 e. The standard InChI is InChI=1S/C25H17FN2O6/c26-18-6-8-19(9-7-18)28-23(30)21(22(29)27-25(28)33)13-15-4-10-20(11-5-15)34-14-16-2-1-3-17(12-16)24(31)32/h1-13H,14H2,(H,31,32)(H,27,29,33). The molecular weight excluding hydrogens is 443 g/mol. The molecule has 1 fully saturated rings. The molecule has 34 heavy (non-hydrogen) atoms. The number of carboxylic acids is 1. The lowest BCUT2D eigenvalue weighted by Gasteiger charge is -2.26. The maximum atomic E-state index is 13.2. The number of nitrogens with one attached hydrogen (secondary N) is 1. The van der Waals surface area contributed by atoms with Gasteiger partial charge in [-0.05, 0) is 65.7 Å². The molecule has 2 N–H and O–H groups in total. The monoisotopic (exact) mass is 460 g/mol. The van der Waals surface area contributed by atoms with Crippen molar-refractivity contribution in [2.24, 2.45) is 0 Å². The minimum Gasteiger partial charge on any atom is -0.489 e. The van der Waals surface area contributed by atoms with Crippen molar-refractivity contribution in [3.05, 3.63) is 101 Å². The summed E-state index contributed by atoms with van der Waals surface area (Å²) in [4.78, 5) is 49.2. The fourth-order valence-corrected chi connectivity index (χ4v) is 3.27. The largest absolute Gasteiger partial charge is 0.489 e. The van der Waals surface area contributed by atoms with Crippen molar-refractivity contribution in [2.75, 3.05) is 4.90 Å². The molecule has 9 heteroatoms. The molecule has 0 radical (unpaired) electrons. The van der Waals surface area contributed by atoms with Crippen LogP contribution < -0.4 is 15.0 Å². The molecule has 1 aliphatic rings. The smallest absolute Gasteiger partial charge is 0.335 e. The molecule has 1 heterocycles. The number of imide groups is 2. The molecule has 4 rings (SSSR count). The van der Waals surface area contributed by atoms with Crippen LogP contribution in [0.4, 0.5) is 14.9 Å². The van der Waals surface area contributed by atoms with Gasteiger partial charge < -0.3 is 9.84 Å². The molecule has 0 unspecified atom stereocenters. The van der Waals surface area contributed by atoms with Gasteiger partial charge in [-0.1, -0.05) is 24.3 Å². The first-order chi connectivity index (χ1) is 16.3. The summed E-state index contributed by atoms with van der Waals surface area (Å²) in [6, 6.07) is 16.7. The summed E-state index contributed by atoms with van der Waals surface area (Å²) >= 11 is 0. The van der Waals surface area contributed by atoms with Crippen LogP contribution in [-0.2, 0) is 16.2 Å². The Balaban J connectivity index is 1.49. The van der Waals surface area contributed by atoms with E-state index >= 15 is 0 Å². The second-order valence-electron chi connectivity index (χ2n) is 7.30. The van der Waals surface area contributed by atoms with E-state index < -0.39 is 29.6 Å². The van der Waals surface area contributed by atoms with Crippen LogP contribution in [-0.4, -0.2) is 28.9 Å². The predicted molar refractivity (Wildman–Crippen MR) is 120 cm³/mol. The Labute approximate surface area is 192 Å². The number of aromatic carboxylic acids is 1. The highest BCUT2D eigenvalue weighted by Gasteiger charge is 2.36. The van der Waals surface area contributed by atoms with Gasteiger partial charge in [0.05, 0.1) is 11.3 Å². The molecule has 3 aromatic rings. The molecule has 4 amide bonds. The van der Waals surface area contributed by atoms with Gasteiger partial charge in [-0.25, -0.2) is 18.9 Å². The van der Waals surface area contributed by atoms with Gasteiger partial charge in [0, 0.05) is 0 Å². The van der Waals surface area contributed by atoms with Crippen LogP contribution in [0, 0.1) is 5.82 Å². The third-order valence-electron chi connectivity index (χ3n) is 4.96. The highest BCUT2D eigenvalue weighted by molar-refractivity contribution is 6.39. The number of amides is 4. The molecule has 0 spiro atoms. The van der Waals surface area contributed by atoms with Crippen molar-refractivity contribution in [3.63, 3.8) is 0 Å². The van der Waals surface area contributed by atoms with Gasteiger partial charge in [0.15, 0.2) is 0 Å². The van der Waals surface area contributed by atoms with Crippen molar-refractivity contribution in [1.29, 1.82) is 0 Å². The normalized spacial score (nSPS) is 14.8. The number of ether oxygens (including phenoxy) is 1. The van der Waals surface area contributed by atoms with E-state index in [0.29, 0.717) is 16.9 Å². The number of anilines is 1. The number of nitrogens with zero attached hydrogens (tertiary/aromatic N) is 1.